The Morgan fingerprint density at radius 2 is 0.870 bits per heavy atom. The van der Waals surface area contributed by atoms with E-state index < -0.39 is 113 Å². The number of rotatable bonds is 36. The quantitative estimate of drug-likeness (QED) is 0.00837. The third kappa shape index (κ3) is 21.8. The highest BCUT2D eigenvalue weighted by molar-refractivity contribution is 7.80. The van der Waals surface area contributed by atoms with E-state index in [0.29, 0.717) is 16.8 Å². The van der Waals surface area contributed by atoms with Crippen LogP contribution < -0.4 is 76.5 Å². The van der Waals surface area contributed by atoms with Gasteiger partial charge in [0.25, 0.3) is 0 Å². The molecule has 22 N–H and O–H groups in total. The van der Waals surface area contributed by atoms with E-state index in [1.165, 1.54) is 26.4 Å². The summed E-state index contributed by atoms with van der Waals surface area (Å²) in [6.07, 6.45) is 6.00. The Kier molecular flexibility index (Phi) is 27.3. The fraction of sp³-hybridized carbons (Fsp3) is 0.383. The number of imidazole rings is 1. The molecule has 6 aromatic rings. The van der Waals surface area contributed by atoms with Gasteiger partial charge < -0.3 is 91.5 Å². The first-order valence-corrected chi connectivity index (χ1v) is 30.7. The zero-order chi connectivity index (χ0) is 66.9. The molecule has 0 radical (unpaired) electrons. The number of para-hydroxylation sites is 2. The predicted molar refractivity (Wildman–Crippen MR) is 352 cm³/mol. The van der Waals surface area contributed by atoms with Crippen molar-refractivity contribution >= 4 is 118 Å². The van der Waals surface area contributed by atoms with Crippen molar-refractivity contribution in [3.8, 4) is 0 Å². The fourth-order valence-electron chi connectivity index (χ4n) is 9.85. The topological polar surface area (TPSA) is 494 Å². The lowest BCUT2D eigenvalue weighted by Gasteiger charge is -2.27. The van der Waals surface area contributed by atoms with Crippen LogP contribution in [0.3, 0.4) is 0 Å². The molecular formula is C60H80N20O10S2. The van der Waals surface area contributed by atoms with Crippen molar-refractivity contribution in [2.45, 2.75) is 120 Å². The lowest BCUT2D eigenvalue weighted by atomic mass is 10.0. The summed E-state index contributed by atoms with van der Waals surface area (Å²) in [5.41, 5.74) is 31.7. The highest BCUT2D eigenvalue weighted by Crippen LogP contribution is 2.21. The molecule has 0 unspecified atom stereocenters. The van der Waals surface area contributed by atoms with E-state index in [2.05, 4.69) is 103 Å². The van der Waals surface area contributed by atoms with Crippen LogP contribution >= 0.6 is 25.3 Å². The number of H-pyrrole nitrogens is 3. The number of amides is 10. The average molecular weight is 1310 g/mol. The normalized spacial score (nSPS) is 14.0. The summed E-state index contributed by atoms with van der Waals surface area (Å²) in [4.78, 5) is 160. The van der Waals surface area contributed by atoms with E-state index >= 15 is 0 Å². The van der Waals surface area contributed by atoms with E-state index in [0.717, 1.165) is 27.4 Å². The molecule has 30 nitrogen and oxygen atoms in total. The third-order valence-electron chi connectivity index (χ3n) is 14.6. The van der Waals surface area contributed by atoms with Gasteiger partial charge in [-0.15, -0.1) is 0 Å². The molecule has 3 aromatic carbocycles. The lowest BCUT2D eigenvalue weighted by molar-refractivity contribution is -0.135. The van der Waals surface area contributed by atoms with Gasteiger partial charge >= 0.3 is 0 Å². The maximum absolute atomic E-state index is 14.8. The van der Waals surface area contributed by atoms with E-state index in [-0.39, 0.29) is 87.9 Å². The van der Waals surface area contributed by atoms with Crippen molar-refractivity contribution in [1.82, 2.24) is 67.8 Å². The minimum Gasteiger partial charge on any atom is -0.370 e. The van der Waals surface area contributed by atoms with Gasteiger partial charge in [0.05, 0.1) is 6.33 Å². The first-order chi connectivity index (χ1) is 44.0. The second-order valence-electron chi connectivity index (χ2n) is 21.7. The number of carbonyl (C=O) groups is 10. The van der Waals surface area contributed by atoms with Crippen LogP contribution in [0.15, 0.2) is 114 Å². The smallest absolute Gasteiger partial charge is 0.244 e. The first kappa shape index (κ1) is 71.0. The highest BCUT2D eigenvalue weighted by Gasteiger charge is 2.35. The number of nitrogens with two attached hydrogens (primary N) is 5. The van der Waals surface area contributed by atoms with Crippen LogP contribution in [0.5, 0.6) is 0 Å². The maximum Gasteiger partial charge on any atom is 0.244 e. The summed E-state index contributed by atoms with van der Waals surface area (Å²) < 4.78 is 0. The molecule has 0 spiro atoms. The molecule has 0 aliphatic rings. The van der Waals surface area contributed by atoms with Crippen LogP contribution in [-0.2, 0) is 73.6 Å². The molecule has 32 heteroatoms. The molecule has 0 saturated heterocycles. The van der Waals surface area contributed by atoms with Crippen molar-refractivity contribution in [2.75, 3.05) is 24.6 Å². The minimum atomic E-state index is -1.46. The largest absolute Gasteiger partial charge is 0.370 e. The second kappa shape index (κ2) is 35.3. The first-order valence-electron chi connectivity index (χ1n) is 29.5. The van der Waals surface area contributed by atoms with E-state index in [4.69, 9.17) is 28.7 Å². The zero-order valence-corrected chi connectivity index (χ0v) is 52.5. The Bertz CT molecular complexity index is 3570. The molecule has 6 rings (SSSR count). The Labute approximate surface area is 540 Å². The number of hydrogen-bond acceptors (Lipinski definition) is 15. The average Bonchev–Trinajstić information content (AvgIpc) is 2.45. The molecular weight excluding hydrogens is 1220 g/mol. The summed E-state index contributed by atoms with van der Waals surface area (Å²) in [6, 6.07) is 11.2. The number of nitrogens with zero attached hydrogens (tertiary/aromatic N) is 3. The van der Waals surface area contributed by atoms with Gasteiger partial charge in [0.2, 0.25) is 59.1 Å². The molecule has 3 heterocycles. The summed E-state index contributed by atoms with van der Waals surface area (Å²) in [5.74, 6) is -8.84. The number of aromatic nitrogens is 4. The van der Waals surface area contributed by atoms with Gasteiger partial charge in [0, 0.05) is 103 Å². The Morgan fingerprint density at radius 1 is 0.467 bits per heavy atom. The van der Waals surface area contributed by atoms with E-state index in [1.54, 1.807) is 48.8 Å². The number of thiol groups is 2. The van der Waals surface area contributed by atoms with Gasteiger partial charge in [-0.2, -0.15) is 25.3 Å². The number of guanidine groups is 2. The summed E-state index contributed by atoms with van der Waals surface area (Å²) in [7, 11) is 0. The Hall–Kier alpha value is -10.1. The molecule has 0 bridgehead atoms. The molecule has 92 heavy (non-hydrogen) atoms. The number of benzene rings is 3. The van der Waals surface area contributed by atoms with Gasteiger partial charge in [0.15, 0.2) is 11.9 Å². The zero-order valence-electron chi connectivity index (χ0n) is 50.7. The number of nitrogens with one attached hydrogen (secondary N) is 12. The maximum atomic E-state index is 14.8. The van der Waals surface area contributed by atoms with Crippen LogP contribution in [0.4, 0.5) is 0 Å². The molecule has 9 atom stereocenters. The monoisotopic (exact) mass is 1300 g/mol. The second-order valence-corrected chi connectivity index (χ2v) is 22.4. The van der Waals surface area contributed by atoms with Crippen LogP contribution in [-0.4, -0.2) is 170 Å². The summed E-state index contributed by atoms with van der Waals surface area (Å²) >= 11 is 8.48. The number of aromatic amines is 3. The number of primary amides is 1. The highest BCUT2D eigenvalue weighted by atomic mass is 32.1. The standard InChI is InChI=1S/C60H80N20O10S2/c1-32(72-58(90)49(30-92)80-53(85)43(19-11-21-68-60(64)65)75-55(87)45(73-33(2)81)23-35-26-69-40-16-8-6-14-38(35)40)51(83)76-47(25-37-28-66-31-71-37)57(89)77-44(22-34-12-4-3-5-13-34)54(86)74-42(18-10-20-67-59(62)63)52(84)78-46(56(88)79-48(29-91)50(61)82)24-36-27-70-41-17-9-7-15-39(36)41/h3-9,12-17,26-28,31-32,42-49,69-70,91-92H,10-11,18-25,29-30H2,1-2H3,(H2,61,82)(H,66,71)(H,72,90)(H,73,81)(H,74,86)(H,75,87)(H,76,83)(H,77,89)(H,78,84)(H,79,88)(H,80,85)(H4,62,63,67)(H4,64,65,68)/t32-,42+,43+,44-,45+,46+,47+,48+,49+/m1/s1. The summed E-state index contributed by atoms with van der Waals surface area (Å²) in [5, 5.41) is 25.5. The SMILES string of the molecule is CC(=O)N[C@@H](Cc1c[nH]c2ccccc12)C(=O)N[C@@H](CCCN=C(N)N)C(=O)N[C@@H](CS)C(=O)N[C@H](C)C(=O)N[C@@H](Cc1cnc[nH]1)C(=O)N[C@H](Cc1ccccc1)C(=O)N[C@@H](CCCN=C(N)N)C(=O)N[C@@H](Cc1c[nH]c2ccccc12)C(=O)N[C@@H](CS)C(N)=O. The van der Waals surface area contributed by atoms with Crippen LogP contribution in [0.1, 0.15) is 61.9 Å². The van der Waals surface area contributed by atoms with Crippen molar-refractivity contribution in [2.24, 2.45) is 38.7 Å². The Balaban J connectivity index is 1.19. The van der Waals surface area contributed by atoms with Crippen molar-refractivity contribution < 1.29 is 47.9 Å². The van der Waals surface area contributed by atoms with Gasteiger partial charge in [-0.1, -0.05) is 66.7 Å². The molecule has 0 aliphatic heterocycles. The molecule has 492 valence electrons. The van der Waals surface area contributed by atoms with Gasteiger partial charge in [0.1, 0.15) is 54.4 Å². The lowest BCUT2D eigenvalue weighted by Crippen LogP contribution is -2.61. The molecule has 0 aliphatic carbocycles. The number of fused-ring (bicyclic) bond motifs is 2. The fourth-order valence-corrected chi connectivity index (χ4v) is 10.4. The third-order valence-corrected chi connectivity index (χ3v) is 15.3. The molecule has 3 aromatic heterocycles. The molecule has 10 amide bonds. The van der Waals surface area contributed by atoms with Crippen molar-refractivity contribution in [3.05, 3.63) is 126 Å². The minimum absolute atomic E-state index is 0.0236. The Morgan fingerprint density at radius 3 is 1.33 bits per heavy atom. The van der Waals surface area contributed by atoms with Crippen molar-refractivity contribution in [3.63, 3.8) is 0 Å². The summed E-state index contributed by atoms with van der Waals surface area (Å²) in [6.45, 7) is 2.69. The van der Waals surface area contributed by atoms with E-state index in [9.17, 15) is 47.9 Å². The van der Waals surface area contributed by atoms with Crippen molar-refractivity contribution in [1.29, 1.82) is 0 Å². The van der Waals surface area contributed by atoms with Gasteiger partial charge in [-0.3, -0.25) is 57.9 Å². The predicted octanol–water partition coefficient (Wildman–Crippen LogP) is -2.50. The van der Waals surface area contributed by atoms with Gasteiger partial charge in [-0.05, 0) is 61.4 Å². The number of hydrogen-bond donors (Lipinski definition) is 19. The van der Waals surface area contributed by atoms with Crippen LogP contribution in [0.2, 0.25) is 0 Å². The van der Waals surface area contributed by atoms with Crippen LogP contribution in [0, 0.1) is 0 Å². The van der Waals surface area contributed by atoms with E-state index in [1.807, 2.05) is 42.5 Å². The van der Waals surface area contributed by atoms with Crippen LogP contribution in [0.25, 0.3) is 21.8 Å². The molecule has 0 saturated carbocycles. The van der Waals surface area contributed by atoms with Gasteiger partial charge in [-0.25, -0.2) is 4.98 Å². The number of carbonyl (C=O) groups excluding carboxylic acids is 10. The molecule has 0 fully saturated rings. The number of aliphatic imine (C=N–C) groups is 2.